The Morgan fingerprint density at radius 3 is 2.80 bits per heavy atom. The first-order chi connectivity index (χ1) is 9.63. The van der Waals surface area contributed by atoms with Gasteiger partial charge in [-0.3, -0.25) is 0 Å². The van der Waals surface area contributed by atoms with Crippen LogP contribution in [0, 0.1) is 5.82 Å². The highest BCUT2D eigenvalue weighted by Crippen LogP contribution is 2.27. The third-order valence-corrected chi connectivity index (χ3v) is 3.39. The lowest BCUT2D eigenvalue weighted by Gasteiger charge is -2.14. The lowest BCUT2D eigenvalue weighted by molar-refractivity contribution is 0.603. The molecule has 102 valence electrons. The summed E-state index contributed by atoms with van der Waals surface area (Å²) in [7, 11) is 0. The number of hydrogen-bond acceptors (Lipinski definition) is 3. The maximum atomic E-state index is 13.0. The van der Waals surface area contributed by atoms with Gasteiger partial charge in [-0.2, -0.15) is 4.98 Å². The number of oxazole rings is 1. The molecule has 5 heteroatoms. The number of hydrogen-bond donors (Lipinski definition) is 1. The molecule has 0 amide bonds. The van der Waals surface area contributed by atoms with E-state index in [0.29, 0.717) is 16.6 Å². The fourth-order valence-electron chi connectivity index (χ4n) is 2.05. The summed E-state index contributed by atoms with van der Waals surface area (Å²) in [5.74, 6) is -0.354. The fourth-order valence-corrected chi connectivity index (χ4v) is 2.38. The first-order valence-electron chi connectivity index (χ1n) is 6.20. The van der Waals surface area contributed by atoms with Crippen molar-refractivity contribution in [1.82, 2.24) is 4.98 Å². The zero-order chi connectivity index (χ0) is 14.1. The standard InChI is InChI=1S/C15H12ClFN2O/c1-9(11-7-6-10(17)8-12(11)16)18-15-19-13-4-2-3-5-14(13)20-15/h2-9H,1H3,(H,18,19). The Morgan fingerprint density at radius 2 is 2.05 bits per heavy atom. The molecule has 1 aromatic heterocycles. The van der Waals surface area contributed by atoms with Crippen LogP contribution in [0.15, 0.2) is 46.9 Å². The van der Waals surface area contributed by atoms with Crippen LogP contribution in [0.5, 0.6) is 0 Å². The van der Waals surface area contributed by atoms with Crippen LogP contribution in [0.25, 0.3) is 11.1 Å². The molecule has 0 saturated heterocycles. The summed E-state index contributed by atoms with van der Waals surface area (Å²) < 4.78 is 18.6. The average molecular weight is 291 g/mol. The maximum Gasteiger partial charge on any atom is 0.296 e. The highest BCUT2D eigenvalue weighted by molar-refractivity contribution is 6.31. The molecule has 1 N–H and O–H groups in total. The Kier molecular flexibility index (Phi) is 3.32. The Morgan fingerprint density at radius 1 is 1.25 bits per heavy atom. The van der Waals surface area contributed by atoms with E-state index in [1.807, 2.05) is 31.2 Å². The van der Waals surface area contributed by atoms with Gasteiger partial charge in [0.1, 0.15) is 11.3 Å². The van der Waals surface area contributed by atoms with E-state index in [0.717, 1.165) is 11.1 Å². The third-order valence-electron chi connectivity index (χ3n) is 3.06. The van der Waals surface area contributed by atoms with Crippen LogP contribution in [0.4, 0.5) is 10.4 Å². The van der Waals surface area contributed by atoms with Crippen molar-refractivity contribution in [3.63, 3.8) is 0 Å². The van der Waals surface area contributed by atoms with Gasteiger partial charge >= 0.3 is 0 Å². The molecule has 2 aromatic carbocycles. The van der Waals surface area contributed by atoms with E-state index in [1.165, 1.54) is 12.1 Å². The van der Waals surface area contributed by atoms with Crippen molar-refractivity contribution in [3.8, 4) is 0 Å². The van der Waals surface area contributed by atoms with Gasteiger partial charge in [0.15, 0.2) is 5.58 Å². The van der Waals surface area contributed by atoms with Crippen molar-refractivity contribution in [2.75, 3.05) is 5.32 Å². The second kappa shape index (κ2) is 5.13. The molecule has 20 heavy (non-hydrogen) atoms. The molecule has 0 aliphatic rings. The molecule has 1 heterocycles. The van der Waals surface area contributed by atoms with E-state index >= 15 is 0 Å². The number of rotatable bonds is 3. The van der Waals surface area contributed by atoms with Crippen LogP contribution in [0.3, 0.4) is 0 Å². The topological polar surface area (TPSA) is 38.1 Å². The number of nitrogens with one attached hydrogen (secondary N) is 1. The molecule has 3 aromatic rings. The zero-order valence-electron chi connectivity index (χ0n) is 10.7. The molecule has 0 aliphatic carbocycles. The third kappa shape index (κ3) is 2.47. The molecule has 0 saturated carbocycles. The van der Waals surface area contributed by atoms with Crippen molar-refractivity contribution in [2.24, 2.45) is 0 Å². The summed E-state index contributed by atoms with van der Waals surface area (Å²) in [6, 6.07) is 12.1. The largest absolute Gasteiger partial charge is 0.424 e. The van der Waals surface area contributed by atoms with E-state index in [4.69, 9.17) is 16.0 Å². The van der Waals surface area contributed by atoms with Crippen LogP contribution >= 0.6 is 11.6 Å². The second-order valence-corrected chi connectivity index (χ2v) is 4.93. The van der Waals surface area contributed by atoms with Crippen molar-refractivity contribution < 1.29 is 8.81 Å². The second-order valence-electron chi connectivity index (χ2n) is 4.52. The molecule has 3 rings (SSSR count). The highest BCUT2D eigenvalue weighted by Gasteiger charge is 2.13. The van der Waals surface area contributed by atoms with Crippen LogP contribution < -0.4 is 5.32 Å². The summed E-state index contributed by atoms with van der Waals surface area (Å²) in [6.07, 6.45) is 0. The SMILES string of the molecule is CC(Nc1nc2ccccc2o1)c1ccc(F)cc1Cl. The summed E-state index contributed by atoms with van der Waals surface area (Å²) in [5.41, 5.74) is 2.29. The summed E-state index contributed by atoms with van der Waals surface area (Å²) in [4.78, 5) is 4.33. The fraction of sp³-hybridized carbons (Fsp3) is 0.133. The Hall–Kier alpha value is -2.07. The molecule has 0 fully saturated rings. The van der Waals surface area contributed by atoms with Crippen molar-refractivity contribution in [2.45, 2.75) is 13.0 Å². The van der Waals surface area contributed by atoms with Crippen molar-refractivity contribution in [3.05, 3.63) is 58.9 Å². The number of aromatic nitrogens is 1. The van der Waals surface area contributed by atoms with Crippen LogP contribution in [0.2, 0.25) is 5.02 Å². The molecule has 3 nitrogen and oxygen atoms in total. The first kappa shape index (κ1) is 12.9. The lowest BCUT2D eigenvalue weighted by atomic mass is 10.1. The Balaban J connectivity index is 1.86. The molecule has 0 radical (unpaired) electrons. The zero-order valence-corrected chi connectivity index (χ0v) is 11.5. The summed E-state index contributed by atoms with van der Waals surface area (Å²) >= 11 is 6.04. The molecule has 0 spiro atoms. The van der Waals surface area contributed by atoms with E-state index in [1.54, 1.807) is 6.07 Å². The van der Waals surface area contributed by atoms with Gasteiger partial charge in [0.05, 0.1) is 6.04 Å². The van der Waals surface area contributed by atoms with E-state index in [-0.39, 0.29) is 11.9 Å². The summed E-state index contributed by atoms with van der Waals surface area (Å²) in [5, 5.41) is 3.50. The van der Waals surface area contributed by atoms with E-state index in [9.17, 15) is 4.39 Å². The normalized spacial score (nSPS) is 12.6. The number of fused-ring (bicyclic) bond motifs is 1. The van der Waals surface area contributed by atoms with E-state index < -0.39 is 0 Å². The van der Waals surface area contributed by atoms with Crippen molar-refractivity contribution in [1.29, 1.82) is 0 Å². The molecule has 0 bridgehead atoms. The minimum Gasteiger partial charge on any atom is -0.424 e. The smallest absolute Gasteiger partial charge is 0.296 e. The maximum absolute atomic E-state index is 13.0. The minimum atomic E-state index is -0.354. The number of halogens is 2. The van der Waals surface area contributed by atoms with Gasteiger partial charge in [-0.15, -0.1) is 0 Å². The lowest BCUT2D eigenvalue weighted by Crippen LogP contribution is -2.07. The van der Waals surface area contributed by atoms with Crippen LogP contribution in [0.1, 0.15) is 18.5 Å². The Bertz CT molecular complexity index is 723. The number of para-hydroxylation sites is 2. The number of nitrogens with zero attached hydrogens (tertiary/aromatic N) is 1. The average Bonchev–Trinajstić information content (AvgIpc) is 2.80. The van der Waals surface area contributed by atoms with Gasteiger partial charge in [0.2, 0.25) is 0 Å². The van der Waals surface area contributed by atoms with Crippen LogP contribution in [-0.2, 0) is 0 Å². The predicted octanol–water partition coefficient (Wildman–Crippen LogP) is 4.79. The molecular weight excluding hydrogens is 279 g/mol. The van der Waals surface area contributed by atoms with Gasteiger partial charge in [-0.1, -0.05) is 29.8 Å². The quantitative estimate of drug-likeness (QED) is 0.753. The molecular formula is C15H12ClFN2O. The van der Waals surface area contributed by atoms with Gasteiger partial charge in [-0.05, 0) is 36.8 Å². The van der Waals surface area contributed by atoms with E-state index in [2.05, 4.69) is 10.3 Å². The number of anilines is 1. The minimum absolute atomic E-state index is 0.142. The van der Waals surface area contributed by atoms with Gasteiger partial charge in [-0.25, -0.2) is 4.39 Å². The van der Waals surface area contributed by atoms with Gasteiger partial charge in [0, 0.05) is 5.02 Å². The Labute approximate surface area is 120 Å². The molecule has 1 atom stereocenters. The van der Waals surface area contributed by atoms with Gasteiger partial charge in [0.25, 0.3) is 6.01 Å². The summed E-state index contributed by atoms with van der Waals surface area (Å²) in [6.45, 7) is 1.91. The predicted molar refractivity (Wildman–Crippen MR) is 77.5 cm³/mol. The van der Waals surface area contributed by atoms with Crippen molar-refractivity contribution >= 4 is 28.7 Å². The number of benzene rings is 2. The van der Waals surface area contributed by atoms with Crippen LogP contribution in [-0.4, -0.2) is 4.98 Å². The molecule has 1 unspecified atom stereocenters. The van der Waals surface area contributed by atoms with Gasteiger partial charge < -0.3 is 9.73 Å². The first-order valence-corrected chi connectivity index (χ1v) is 6.58. The molecule has 0 aliphatic heterocycles. The highest BCUT2D eigenvalue weighted by atomic mass is 35.5. The monoisotopic (exact) mass is 290 g/mol.